The lowest BCUT2D eigenvalue weighted by molar-refractivity contribution is 0.289. The van der Waals surface area contributed by atoms with Crippen molar-refractivity contribution in [2.45, 2.75) is 40.5 Å². The zero-order chi connectivity index (χ0) is 13.5. The summed E-state index contributed by atoms with van der Waals surface area (Å²) in [7, 11) is 1.95. The van der Waals surface area contributed by atoms with Crippen molar-refractivity contribution in [3.8, 4) is 5.75 Å². The lowest BCUT2D eigenvalue weighted by Gasteiger charge is -2.13. The maximum absolute atomic E-state index is 5.84. The second-order valence-corrected chi connectivity index (χ2v) is 5.74. The van der Waals surface area contributed by atoms with Gasteiger partial charge < -0.3 is 10.1 Å². The van der Waals surface area contributed by atoms with Crippen LogP contribution in [0, 0.1) is 11.8 Å². The lowest BCUT2D eigenvalue weighted by atomic mass is 10.0. The Morgan fingerprint density at radius 1 is 1.06 bits per heavy atom. The summed E-state index contributed by atoms with van der Waals surface area (Å²) in [4.78, 5) is 0. The van der Waals surface area contributed by atoms with Crippen LogP contribution in [0.15, 0.2) is 18.2 Å². The lowest BCUT2D eigenvalue weighted by Crippen LogP contribution is -2.03. The summed E-state index contributed by atoms with van der Waals surface area (Å²) in [6.45, 7) is 9.72. The first-order valence-electron chi connectivity index (χ1n) is 6.95. The van der Waals surface area contributed by atoms with E-state index in [9.17, 15) is 0 Å². The minimum absolute atomic E-state index is 0.667. The summed E-state index contributed by atoms with van der Waals surface area (Å²) < 4.78 is 5.84. The third kappa shape index (κ3) is 5.44. The molecule has 0 aliphatic rings. The predicted octanol–water partition coefficient (Wildman–Crippen LogP) is 4.35. The van der Waals surface area contributed by atoms with Gasteiger partial charge in [-0.05, 0) is 42.4 Å². The molecule has 1 aromatic rings. The van der Waals surface area contributed by atoms with Crippen LogP contribution in [-0.4, -0.2) is 13.7 Å². The summed E-state index contributed by atoms with van der Waals surface area (Å²) in [6, 6.07) is 6.45. The first-order chi connectivity index (χ1) is 8.51. The molecule has 0 saturated heterocycles. The van der Waals surface area contributed by atoms with Crippen LogP contribution in [0.2, 0.25) is 0 Å². The van der Waals surface area contributed by atoms with E-state index in [0.717, 1.165) is 30.9 Å². The van der Waals surface area contributed by atoms with Gasteiger partial charge in [0.1, 0.15) is 5.75 Å². The molecule has 0 heterocycles. The van der Waals surface area contributed by atoms with Gasteiger partial charge in [0.05, 0.1) is 6.61 Å². The number of benzene rings is 1. The topological polar surface area (TPSA) is 21.3 Å². The van der Waals surface area contributed by atoms with Crippen LogP contribution >= 0.6 is 0 Å². The first-order valence-corrected chi connectivity index (χ1v) is 6.95. The Hall–Kier alpha value is -1.18. The molecule has 1 N–H and O–H groups in total. The quantitative estimate of drug-likeness (QED) is 0.775. The number of hydrogen-bond donors (Lipinski definition) is 1. The summed E-state index contributed by atoms with van der Waals surface area (Å²) in [6.07, 6.45) is 2.19. The van der Waals surface area contributed by atoms with Crippen molar-refractivity contribution in [2.24, 2.45) is 11.8 Å². The summed E-state index contributed by atoms with van der Waals surface area (Å²) >= 11 is 0. The van der Waals surface area contributed by atoms with Crippen LogP contribution in [-0.2, 0) is 6.42 Å². The summed E-state index contributed by atoms with van der Waals surface area (Å²) in [5.74, 6) is 2.34. The maximum Gasteiger partial charge on any atom is 0.121 e. The van der Waals surface area contributed by atoms with Gasteiger partial charge in [0.2, 0.25) is 0 Å². The van der Waals surface area contributed by atoms with Gasteiger partial charge in [0.15, 0.2) is 0 Å². The normalized spacial score (nSPS) is 11.1. The van der Waals surface area contributed by atoms with Crippen LogP contribution in [0.25, 0.3) is 0 Å². The van der Waals surface area contributed by atoms with Gasteiger partial charge in [-0.3, -0.25) is 0 Å². The molecule has 102 valence electrons. The van der Waals surface area contributed by atoms with E-state index in [1.807, 2.05) is 7.05 Å². The third-order valence-electron chi connectivity index (χ3n) is 2.86. The molecule has 1 aromatic carbocycles. The van der Waals surface area contributed by atoms with Gasteiger partial charge in [-0.2, -0.15) is 0 Å². The monoisotopic (exact) mass is 249 g/mol. The predicted molar refractivity (Wildman–Crippen MR) is 79.5 cm³/mol. The van der Waals surface area contributed by atoms with E-state index in [4.69, 9.17) is 4.74 Å². The largest absolute Gasteiger partial charge is 0.493 e. The average Bonchev–Trinajstić information content (AvgIpc) is 2.27. The molecule has 18 heavy (non-hydrogen) atoms. The fourth-order valence-corrected chi connectivity index (χ4v) is 1.89. The highest BCUT2D eigenvalue weighted by atomic mass is 16.5. The number of ether oxygens (including phenoxy) is 1. The molecule has 0 atom stereocenters. The maximum atomic E-state index is 5.84. The van der Waals surface area contributed by atoms with Crippen LogP contribution in [0.1, 0.15) is 39.7 Å². The van der Waals surface area contributed by atoms with Crippen molar-refractivity contribution >= 4 is 5.69 Å². The number of anilines is 1. The zero-order valence-corrected chi connectivity index (χ0v) is 12.4. The van der Waals surface area contributed by atoms with E-state index < -0.39 is 0 Å². The Labute approximate surface area is 112 Å². The second-order valence-electron chi connectivity index (χ2n) is 5.74. The van der Waals surface area contributed by atoms with Gasteiger partial charge in [0.25, 0.3) is 0 Å². The fourth-order valence-electron chi connectivity index (χ4n) is 1.89. The van der Waals surface area contributed by atoms with E-state index in [1.165, 1.54) is 5.56 Å². The zero-order valence-electron chi connectivity index (χ0n) is 12.4. The Morgan fingerprint density at radius 2 is 1.78 bits per heavy atom. The van der Waals surface area contributed by atoms with Crippen LogP contribution < -0.4 is 10.1 Å². The highest BCUT2D eigenvalue weighted by Crippen LogP contribution is 2.23. The fraction of sp³-hybridized carbons (Fsp3) is 0.625. The number of rotatable bonds is 7. The van der Waals surface area contributed by atoms with Crippen molar-refractivity contribution < 1.29 is 4.74 Å². The summed E-state index contributed by atoms with van der Waals surface area (Å²) in [5, 5.41) is 3.20. The Bertz CT molecular complexity index is 358. The van der Waals surface area contributed by atoms with Crippen molar-refractivity contribution in [1.29, 1.82) is 0 Å². The minimum Gasteiger partial charge on any atom is -0.493 e. The van der Waals surface area contributed by atoms with Crippen molar-refractivity contribution in [3.63, 3.8) is 0 Å². The molecule has 0 saturated carbocycles. The van der Waals surface area contributed by atoms with E-state index in [0.29, 0.717) is 11.8 Å². The van der Waals surface area contributed by atoms with Gasteiger partial charge in [-0.1, -0.05) is 27.7 Å². The summed E-state index contributed by atoms with van der Waals surface area (Å²) in [5.41, 5.74) is 2.48. The number of hydrogen-bond acceptors (Lipinski definition) is 2. The molecule has 0 bridgehead atoms. The van der Waals surface area contributed by atoms with E-state index in [1.54, 1.807) is 0 Å². The molecule has 2 heteroatoms. The Kier molecular flexibility index (Phi) is 6.03. The standard InChI is InChI=1S/C16H27NO/c1-12(2)6-7-18-16-10-14(8-13(3)4)9-15(11-16)17-5/h9-13,17H,6-8H2,1-5H3. The minimum atomic E-state index is 0.667. The SMILES string of the molecule is CNc1cc(CC(C)C)cc(OCCC(C)C)c1. The molecule has 0 aromatic heterocycles. The molecule has 0 aliphatic heterocycles. The first kappa shape index (κ1) is 14.9. The second kappa shape index (κ2) is 7.30. The molecule has 1 rings (SSSR count). The van der Waals surface area contributed by atoms with E-state index in [2.05, 4.69) is 51.2 Å². The molecule has 2 nitrogen and oxygen atoms in total. The molecule has 0 radical (unpaired) electrons. The van der Waals surface area contributed by atoms with Crippen molar-refractivity contribution in [2.75, 3.05) is 19.0 Å². The van der Waals surface area contributed by atoms with Crippen molar-refractivity contribution in [3.05, 3.63) is 23.8 Å². The Morgan fingerprint density at radius 3 is 2.33 bits per heavy atom. The van der Waals surface area contributed by atoms with Gasteiger partial charge in [-0.25, -0.2) is 0 Å². The van der Waals surface area contributed by atoms with Crippen LogP contribution in [0.5, 0.6) is 5.75 Å². The highest BCUT2D eigenvalue weighted by Gasteiger charge is 2.04. The molecule has 0 spiro atoms. The third-order valence-corrected chi connectivity index (χ3v) is 2.86. The highest BCUT2D eigenvalue weighted by molar-refractivity contribution is 5.51. The molecule has 0 amide bonds. The molecule has 0 unspecified atom stereocenters. The molecular formula is C16H27NO. The van der Waals surface area contributed by atoms with Gasteiger partial charge >= 0.3 is 0 Å². The molecule has 0 fully saturated rings. The van der Waals surface area contributed by atoms with Gasteiger partial charge in [-0.15, -0.1) is 0 Å². The Balaban J connectivity index is 2.70. The molecule has 0 aliphatic carbocycles. The van der Waals surface area contributed by atoms with Crippen LogP contribution in [0.4, 0.5) is 5.69 Å². The molecular weight excluding hydrogens is 222 g/mol. The number of nitrogens with one attached hydrogen (secondary N) is 1. The van der Waals surface area contributed by atoms with E-state index in [-0.39, 0.29) is 0 Å². The van der Waals surface area contributed by atoms with Crippen molar-refractivity contribution in [1.82, 2.24) is 0 Å². The average molecular weight is 249 g/mol. The van der Waals surface area contributed by atoms with E-state index >= 15 is 0 Å². The smallest absolute Gasteiger partial charge is 0.121 e. The van der Waals surface area contributed by atoms with Crippen LogP contribution in [0.3, 0.4) is 0 Å². The van der Waals surface area contributed by atoms with Gasteiger partial charge in [0, 0.05) is 18.8 Å².